The van der Waals surface area contributed by atoms with Gasteiger partial charge in [-0.15, -0.1) is 0 Å². The van der Waals surface area contributed by atoms with Crippen molar-refractivity contribution in [3.8, 4) is 0 Å². The first kappa shape index (κ1) is 9.57. The number of rotatable bonds is 2. The number of aromatic nitrogens is 1. The average molecular weight is 186 g/mol. The van der Waals surface area contributed by atoms with Crippen LogP contribution in [0.15, 0.2) is 6.07 Å². The minimum absolute atomic E-state index is 0.0321. The van der Waals surface area contributed by atoms with Crippen molar-refractivity contribution in [2.75, 3.05) is 5.73 Å². The Morgan fingerprint density at radius 3 is 2.69 bits per heavy atom. The minimum atomic E-state index is -2.71. The molecule has 3 nitrogen and oxygen atoms in total. The zero-order valence-corrected chi connectivity index (χ0v) is 6.92. The molecule has 0 unspecified atom stereocenters. The molecule has 0 bridgehead atoms. The summed E-state index contributed by atoms with van der Waals surface area (Å²) >= 11 is 0. The van der Waals surface area contributed by atoms with E-state index in [9.17, 15) is 13.6 Å². The van der Waals surface area contributed by atoms with Gasteiger partial charge in [-0.2, -0.15) is 0 Å². The van der Waals surface area contributed by atoms with Crippen LogP contribution < -0.4 is 5.73 Å². The minimum Gasteiger partial charge on any atom is -0.398 e. The Morgan fingerprint density at radius 1 is 1.62 bits per heavy atom. The summed E-state index contributed by atoms with van der Waals surface area (Å²) in [4.78, 5) is 13.8. The van der Waals surface area contributed by atoms with Gasteiger partial charge < -0.3 is 5.73 Å². The van der Waals surface area contributed by atoms with Gasteiger partial charge in [0.15, 0.2) is 6.29 Å². The van der Waals surface area contributed by atoms with Crippen LogP contribution in [0.1, 0.15) is 28.2 Å². The first-order valence-corrected chi connectivity index (χ1v) is 3.56. The van der Waals surface area contributed by atoms with Crippen LogP contribution in [0.4, 0.5) is 14.5 Å². The lowest BCUT2D eigenvalue weighted by Gasteiger charge is -2.05. The smallest absolute Gasteiger partial charge is 0.280 e. The van der Waals surface area contributed by atoms with E-state index in [1.165, 1.54) is 0 Å². The van der Waals surface area contributed by atoms with Crippen LogP contribution in [0.25, 0.3) is 0 Å². The molecule has 0 aliphatic carbocycles. The summed E-state index contributed by atoms with van der Waals surface area (Å²) in [6.45, 7) is 1.56. The summed E-state index contributed by atoms with van der Waals surface area (Å²) in [5.41, 5.74) is 5.49. The van der Waals surface area contributed by atoms with Crippen LogP contribution in [0, 0.1) is 6.92 Å². The molecule has 2 N–H and O–H groups in total. The van der Waals surface area contributed by atoms with Crippen molar-refractivity contribution in [2.45, 2.75) is 13.3 Å². The topological polar surface area (TPSA) is 56.0 Å². The third kappa shape index (κ3) is 1.80. The summed E-state index contributed by atoms with van der Waals surface area (Å²) in [7, 11) is 0. The monoisotopic (exact) mass is 186 g/mol. The van der Waals surface area contributed by atoms with E-state index >= 15 is 0 Å². The highest BCUT2D eigenvalue weighted by Crippen LogP contribution is 2.22. The van der Waals surface area contributed by atoms with Crippen molar-refractivity contribution in [1.29, 1.82) is 0 Å². The summed E-state index contributed by atoms with van der Waals surface area (Å²) in [6, 6.07) is 1.08. The van der Waals surface area contributed by atoms with Gasteiger partial charge in [0, 0.05) is 11.3 Å². The van der Waals surface area contributed by atoms with Gasteiger partial charge in [-0.3, -0.25) is 4.79 Å². The highest BCUT2D eigenvalue weighted by molar-refractivity contribution is 5.77. The van der Waals surface area contributed by atoms with Crippen LogP contribution >= 0.6 is 0 Å². The van der Waals surface area contributed by atoms with Gasteiger partial charge in [0.2, 0.25) is 0 Å². The van der Waals surface area contributed by atoms with Gasteiger partial charge in [-0.25, -0.2) is 13.8 Å². The van der Waals surface area contributed by atoms with Crippen LogP contribution in [0.2, 0.25) is 0 Å². The fraction of sp³-hybridized carbons (Fsp3) is 0.250. The van der Waals surface area contributed by atoms with E-state index < -0.39 is 12.1 Å². The molecule has 0 saturated heterocycles. The van der Waals surface area contributed by atoms with Crippen molar-refractivity contribution in [2.24, 2.45) is 0 Å². The third-order valence-electron chi connectivity index (χ3n) is 1.71. The number of anilines is 1. The predicted octanol–water partition coefficient (Wildman–Crippen LogP) is 1.72. The Labute approximate surface area is 73.6 Å². The van der Waals surface area contributed by atoms with Crippen molar-refractivity contribution in [1.82, 2.24) is 4.98 Å². The SMILES string of the molecule is Cc1c(N)cc(C(F)F)nc1C=O. The summed E-state index contributed by atoms with van der Waals surface area (Å²) in [5, 5.41) is 0. The summed E-state index contributed by atoms with van der Waals surface area (Å²) in [5.74, 6) is 0. The number of nitrogens with zero attached hydrogens (tertiary/aromatic N) is 1. The highest BCUT2D eigenvalue weighted by Gasteiger charge is 2.13. The summed E-state index contributed by atoms with van der Waals surface area (Å²) < 4.78 is 24.3. The number of alkyl halides is 2. The van der Waals surface area contributed by atoms with Gasteiger partial charge in [-0.1, -0.05) is 0 Å². The molecule has 1 aromatic rings. The number of nitrogens with two attached hydrogens (primary N) is 1. The fourth-order valence-corrected chi connectivity index (χ4v) is 0.897. The molecule has 70 valence electrons. The van der Waals surface area contributed by atoms with E-state index in [1.807, 2.05) is 0 Å². The van der Waals surface area contributed by atoms with Crippen LogP contribution in [0.5, 0.6) is 0 Å². The average Bonchev–Trinajstić information content (AvgIpc) is 2.09. The molecule has 0 aliphatic rings. The van der Waals surface area contributed by atoms with Crippen molar-refractivity contribution >= 4 is 12.0 Å². The standard InChI is InChI=1S/C8H8F2N2O/c1-4-5(11)2-6(8(9)10)12-7(4)3-13/h2-3,8H,1H3,(H2,11,12). The largest absolute Gasteiger partial charge is 0.398 e. The molecule has 5 heteroatoms. The van der Waals surface area contributed by atoms with Gasteiger partial charge >= 0.3 is 0 Å². The number of carbonyl (C=O) groups excluding carboxylic acids is 1. The quantitative estimate of drug-likeness (QED) is 0.715. The maximum atomic E-state index is 12.2. The highest BCUT2D eigenvalue weighted by atomic mass is 19.3. The number of hydrogen-bond acceptors (Lipinski definition) is 3. The molecule has 1 rings (SSSR count). The zero-order chi connectivity index (χ0) is 10.0. The number of hydrogen-bond donors (Lipinski definition) is 1. The molecule has 1 aromatic heterocycles. The Balaban J connectivity index is 3.30. The second-order valence-corrected chi connectivity index (χ2v) is 2.57. The Hall–Kier alpha value is -1.52. The number of halogens is 2. The number of aldehydes is 1. The zero-order valence-electron chi connectivity index (χ0n) is 6.92. The molecule has 0 spiro atoms. The van der Waals surface area contributed by atoms with Gasteiger partial charge in [0.05, 0.1) is 0 Å². The second-order valence-electron chi connectivity index (χ2n) is 2.57. The van der Waals surface area contributed by atoms with Crippen LogP contribution in [0.3, 0.4) is 0 Å². The van der Waals surface area contributed by atoms with Gasteiger partial charge in [0.1, 0.15) is 11.4 Å². The molecule has 0 amide bonds. The molecule has 0 radical (unpaired) electrons. The molecule has 1 heterocycles. The lowest BCUT2D eigenvalue weighted by Crippen LogP contribution is -2.02. The van der Waals surface area contributed by atoms with Crippen molar-refractivity contribution in [3.05, 3.63) is 23.0 Å². The maximum Gasteiger partial charge on any atom is 0.280 e. The molecule has 0 aromatic carbocycles. The molecular weight excluding hydrogens is 178 g/mol. The molecular formula is C8H8F2N2O. The lowest BCUT2D eigenvalue weighted by atomic mass is 10.1. The molecule has 0 fully saturated rings. The Bertz CT molecular complexity index is 339. The Morgan fingerprint density at radius 2 is 2.23 bits per heavy atom. The molecule has 0 saturated carbocycles. The Kier molecular flexibility index (Phi) is 2.55. The third-order valence-corrected chi connectivity index (χ3v) is 1.71. The van der Waals surface area contributed by atoms with Crippen LogP contribution in [-0.4, -0.2) is 11.3 Å². The number of carbonyl (C=O) groups is 1. The lowest BCUT2D eigenvalue weighted by molar-refractivity contribution is 0.111. The van der Waals surface area contributed by atoms with E-state index in [4.69, 9.17) is 5.73 Å². The normalized spacial score (nSPS) is 10.5. The van der Waals surface area contributed by atoms with Gasteiger partial charge in [-0.05, 0) is 13.0 Å². The number of nitrogen functional groups attached to an aromatic ring is 1. The first-order valence-electron chi connectivity index (χ1n) is 3.56. The van der Waals surface area contributed by atoms with E-state index in [2.05, 4.69) is 4.98 Å². The molecule has 0 atom stereocenters. The van der Waals surface area contributed by atoms with Crippen LogP contribution in [-0.2, 0) is 0 Å². The second kappa shape index (κ2) is 3.47. The van der Waals surface area contributed by atoms with Crippen molar-refractivity contribution < 1.29 is 13.6 Å². The van der Waals surface area contributed by atoms with E-state index in [-0.39, 0.29) is 11.4 Å². The predicted molar refractivity (Wildman–Crippen MR) is 43.7 cm³/mol. The van der Waals surface area contributed by atoms with Gasteiger partial charge in [0.25, 0.3) is 6.43 Å². The van der Waals surface area contributed by atoms with E-state index in [1.54, 1.807) is 6.92 Å². The fourth-order valence-electron chi connectivity index (χ4n) is 0.897. The summed E-state index contributed by atoms with van der Waals surface area (Å²) in [6.07, 6.45) is -2.29. The molecule has 13 heavy (non-hydrogen) atoms. The van der Waals surface area contributed by atoms with E-state index in [0.29, 0.717) is 11.8 Å². The maximum absolute atomic E-state index is 12.2. The molecule has 0 aliphatic heterocycles. The van der Waals surface area contributed by atoms with E-state index in [0.717, 1.165) is 6.07 Å². The number of pyridine rings is 1. The van der Waals surface area contributed by atoms with Crippen molar-refractivity contribution in [3.63, 3.8) is 0 Å². The first-order chi connectivity index (χ1) is 6.06.